The van der Waals surface area contributed by atoms with Crippen LogP contribution >= 0.6 is 24.0 Å². The van der Waals surface area contributed by atoms with E-state index in [1.807, 2.05) is 0 Å². The van der Waals surface area contributed by atoms with Gasteiger partial charge >= 0.3 is 0 Å². The molecule has 0 spiro atoms. The number of hydrogen-bond donors (Lipinski definition) is 1. The highest BCUT2D eigenvalue weighted by Gasteiger charge is 2.23. The normalized spacial score (nSPS) is 22.3. The van der Waals surface area contributed by atoms with Gasteiger partial charge in [0.1, 0.15) is 0 Å². The van der Waals surface area contributed by atoms with Crippen molar-refractivity contribution in [3.05, 3.63) is 0 Å². The van der Waals surface area contributed by atoms with Gasteiger partial charge in [-0.2, -0.15) is 0 Å². The van der Waals surface area contributed by atoms with Gasteiger partial charge in [-0.25, -0.2) is 0 Å². The molecule has 0 aromatic carbocycles. The van der Waals surface area contributed by atoms with E-state index in [0.717, 1.165) is 103 Å². The molecule has 176 valence electrons. The lowest BCUT2D eigenvalue weighted by atomic mass is 10.0. The summed E-state index contributed by atoms with van der Waals surface area (Å²) in [6.45, 7) is 10.4. The van der Waals surface area contributed by atoms with Crippen LogP contribution < -0.4 is 5.32 Å². The standard InChI is InChI=1S/C23H43N3O3.HI/c1-2-24-23(25-12-5-15-28-18-21-10-16-27-17-11-21)26-13-8-22(9-14-26)29-19-20-6-3-4-7-20;/h20-22H,2-19H2,1H3,(H,24,25);1H. The Hall–Kier alpha value is -0.120. The Morgan fingerprint density at radius 2 is 1.70 bits per heavy atom. The highest BCUT2D eigenvalue weighted by atomic mass is 127. The molecule has 3 rings (SSSR count). The number of nitrogens with one attached hydrogen (secondary N) is 1. The molecule has 1 N–H and O–H groups in total. The quantitative estimate of drug-likeness (QED) is 0.197. The molecule has 3 aliphatic rings. The summed E-state index contributed by atoms with van der Waals surface area (Å²) in [6.07, 6.45) is 11.5. The minimum absolute atomic E-state index is 0. The molecule has 0 unspecified atom stereocenters. The van der Waals surface area contributed by atoms with E-state index in [2.05, 4.69) is 17.1 Å². The zero-order chi connectivity index (χ0) is 20.2. The summed E-state index contributed by atoms with van der Waals surface area (Å²) in [5.74, 6) is 2.56. The molecule has 0 bridgehead atoms. The van der Waals surface area contributed by atoms with Gasteiger partial charge in [0.2, 0.25) is 0 Å². The molecule has 1 aliphatic carbocycles. The van der Waals surface area contributed by atoms with E-state index in [9.17, 15) is 0 Å². The van der Waals surface area contributed by atoms with Crippen LogP contribution in [0.5, 0.6) is 0 Å². The predicted molar refractivity (Wildman–Crippen MR) is 133 cm³/mol. The molecule has 0 amide bonds. The number of ether oxygens (including phenoxy) is 3. The predicted octanol–water partition coefficient (Wildman–Crippen LogP) is 4.07. The van der Waals surface area contributed by atoms with Crippen LogP contribution in [0.2, 0.25) is 0 Å². The van der Waals surface area contributed by atoms with Gasteiger partial charge in [0, 0.05) is 59.2 Å². The van der Waals surface area contributed by atoms with Crippen molar-refractivity contribution in [3.63, 3.8) is 0 Å². The van der Waals surface area contributed by atoms with Crippen LogP contribution in [0, 0.1) is 11.8 Å². The molecule has 6 nitrogen and oxygen atoms in total. The average molecular weight is 538 g/mol. The smallest absolute Gasteiger partial charge is 0.193 e. The Morgan fingerprint density at radius 3 is 2.40 bits per heavy atom. The molecular formula is C23H44IN3O3. The fourth-order valence-electron chi connectivity index (χ4n) is 4.62. The third-order valence-electron chi connectivity index (χ3n) is 6.52. The molecule has 0 aromatic rings. The maximum atomic E-state index is 6.22. The van der Waals surface area contributed by atoms with Crippen LogP contribution in [0.1, 0.15) is 64.7 Å². The Bertz CT molecular complexity index is 461. The number of nitrogens with zero attached hydrogens (tertiary/aromatic N) is 2. The fraction of sp³-hybridized carbons (Fsp3) is 0.957. The van der Waals surface area contributed by atoms with Gasteiger partial charge in [-0.1, -0.05) is 12.8 Å². The van der Waals surface area contributed by atoms with Crippen molar-refractivity contribution >= 4 is 29.9 Å². The molecule has 1 saturated carbocycles. The zero-order valence-corrected chi connectivity index (χ0v) is 21.3. The first kappa shape index (κ1) is 26.1. The van der Waals surface area contributed by atoms with Gasteiger partial charge in [-0.15, -0.1) is 24.0 Å². The van der Waals surface area contributed by atoms with E-state index < -0.39 is 0 Å². The second-order valence-corrected chi connectivity index (χ2v) is 8.89. The Morgan fingerprint density at radius 1 is 1.00 bits per heavy atom. The number of halogens is 1. The Balaban J connectivity index is 0.00000320. The average Bonchev–Trinajstić information content (AvgIpc) is 3.29. The van der Waals surface area contributed by atoms with E-state index in [0.29, 0.717) is 12.0 Å². The second-order valence-electron chi connectivity index (χ2n) is 8.89. The minimum Gasteiger partial charge on any atom is -0.381 e. The van der Waals surface area contributed by atoms with Gasteiger partial charge in [-0.3, -0.25) is 4.99 Å². The SMILES string of the molecule is CCNC(=NCCCOCC1CCOCC1)N1CCC(OCC2CCCC2)CC1.I. The van der Waals surface area contributed by atoms with Crippen molar-refractivity contribution in [3.8, 4) is 0 Å². The van der Waals surface area contributed by atoms with E-state index >= 15 is 0 Å². The van der Waals surface area contributed by atoms with Crippen molar-refractivity contribution in [1.82, 2.24) is 10.2 Å². The summed E-state index contributed by atoms with van der Waals surface area (Å²) in [5, 5.41) is 3.47. The first-order valence-corrected chi connectivity index (χ1v) is 12.2. The summed E-state index contributed by atoms with van der Waals surface area (Å²) < 4.78 is 17.5. The highest BCUT2D eigenvalue weighted by molar-refractivity contribution is 14.0. The second kappa shape index (κ2) is 15.6. The molecule has 0 radical (unpaired) electrons. The van der Waals surface area contributed by atoms with Crippen molar-refractivity contribution in [1.29, 1.82) is 0 Å². The van der Waals surface area contributed by atoms with E-state index in [1.165, 1.54) is 25.7 Å². The number of aliphatic imine (C=N–C) groups is 1. The first-order valence-electron chi connectivity index (χ1n) is 12.2. The third kappa shape index (κ3) is 9.57. The van der Waals surface area contributed by atoms with Crippen molar-refractivity contribution in [2.45, 2.75) is 70.8 Å². The molecule has 30 heavy (non-hydrogen) atoms. The van der Waals surface area contributed by atoms with Crippen molar-refractivity contribution in [2.24, 2.45) is 16.8 Å². The van der Waals surface area contributed by atoms with Crippen LogP contribution in [0.15, 0.2) is 4.99 Å². The zero-order valence-electron chi connectivity index (χ0n) is 19.0. The van der Waals surface area contributed by atoms with E-state index in [4.69, 9.17) is 19.2 Å². The topological polar surface area (TPSA) is 55.3 Å². The number of hydrogen-bond acceptors (Lipinski definition) is 4. The molecular weight excluding hydrogens is 493 g/mol. The van der Waals surface area contributed by atoms with Crippen LogP contribution in [0.4, 0.5) is 0 Å². The third-order valence-corrected chi connectivity index (χ3v) is 6.52. The Labute approximate surface area is 200 Å². The Kier molecular flexibility index (Phi) is 13.6. The van der Waals surface area contributed by atoms with Gasteiger partial charge in [-0.05, 0) is 63.7 Å². The lowest BCUT2D eigenvalue weighted by Gasteiger charge is -2.34. The maximum Gasteiger partial charge on any atom is 0.193 e. The molecule has 0 atom stereocenters. The summed E-state index contributed by atoms with van der Waals surface area (Å²) >= 11 is 0. The molecule has 7 heteroatoms. The monoisotopic (exact) mass is 537 g/mol. The summed E-state index contributed by atoms with van der Waals surface area (Å²) in [6, 6.07) is 0. The molecule has 2 saturated heterocycles. The fourth-order valence-corrected chi connectivity index (χ4v) is 4.62. The van der Waals surface area contributed by atoms with E-state index in [-0.39, 0.29) is 24.0 Å². The molecule has 2 aliphatic heterocycles. The van der Waals surface area contributed by atoms with E-state index in [1.54, 1.807) is 0 Å². The van der Waals surface area contributed by atoms with Gasteiger partial charge in [0.15, 0.2) is 5.96 Å². The lowest BCUT2D eigenvalue weighted by Crippen LogP contribution is -2.47. The van der Waals surface area contributed by atoms with Crippen molar-refractivity contribution in [2.75, 3.05) is 59.2 Å². The van der Waals surface area contributed by atoms with Crippen LogP contribution in [0.3, 0.4) is 0 Å². The number of rotatable bonds is 10. The number of guanidine groups is 1. The van der Waals surface area contributed by atoms with Gasteiger partial charge in [0.05, 0.1) is 6.10 Å². The summed E-state index contributed by atoms with van der Waals surface area (Å²) in [4.78, 5) is 7.25. The maximum absolute atomic E-state index is 6.22. The first-order chi connectivity index (χ1) is 14.3. The molecule has 3 fully saturated rings. The molecule has 0 aromatic heterocycles. The van der Waals surface area contributed by atoms with Gasteiger partial charge < -0.3 is 24.4 Å². The summed E-state index contributed by atoms with van der Waals surface area (Å²) in [7, 11) is 0. The lowest BCUT2D eigenvalue weighted by molar-refractivity contribution is 0.000998. The van der Waals surface area contributed by atoms with Crippen LogP contribution in [-0.2, 0) is 14.2 Å². The number of likely N-dealkylation sites (tertiary alicyclic amines) is 1. The van der Waals surface area contributed by atoms with Crippen LogP contribution in [0.25, 0.3) is 0 Å². The van der Waals surface area contributed by atoms with Crippen molar-refractivity contribution < 1.29 is 14.2 Å². The molecule has 2 heterocycles. The minimum atomic E-state index is 0. The largest absolute Gasteiger partial charge is 0.381 e. The van der Waals surface area contributed by atoms with Gasteiger partial charge in [0.25, 0.3) is 0 Å². The summed E-state index contributed by atoms with van der Waals surface area (Å²) in [5.41, 5.74) is 0. The number of piperidine rings is 1. The highest BCUT2D eigenvalue weighted by Crippen LogP contribution is 2.26. The van der Waals surface area contributed by atoms with Crippen LogP contribution in [-0.4, -0.2) is 76.2 Å².